The zero-order chi connectivity index (χ0) is 17.5. The molecule has 0 unspecified atom stereocenters. The van der Waals surface area contributed by atoms with Crippen LogP contribution in [0.1, 0.15) is 25.0 Å². The van der Waals surface area contributed by atoms with Crippen molar-refractivity contribution < 1.29 is 14.6 Å². The Kier molecular flexibility index (Phi) is 6.37. The number of carbonyl (C=O) groups excluding carboxylic acids is 1. The molecule has 0 atom stereocenters. The van der Waals surface area contributed by atoms with E-state index in [4.69, 9.17) is 4.74 Å². The summed E-state index contributed by atoms with van der Waals surface area (Å²) >= 11 is 3.35. The van der Waals surface area contributed by atoms with E-state index in [-0.39, 0.29) is 24.2 Å². The van der Waals surface area contributed by atoms with Crippen LogP contribution in [0.3, 0.4) is 0 Å². The van der Waals surface area contributed by atoms with Gasteiger partial charge in [0.25, 0.3) is 0 Å². The van der Waals surface area contributed by atoms with E-state index in [1.807, 2.05) is 38.1 Å². The summed E-state index contributed by atoms with van der Waals surface area (Å²) in [7, 11) is 0. The second-order valence-electron chi connectivity index (χ2n) is 5.48. The zero-order valence-corrected chi connectivity index (χ0v) is 15.1. The fourth-order valence-electron chi connectivity index (χ4n) is 1.98. The van der Waals surface area contributed by atoms with Gasteiger partial charge in [0.05, 0.1) is 18.7 Å². The molecule has 2 aromatic rings. The third kappa shape index (κ3) is 5.70. The van der Waals surface area contributed by atoms with Crippen LogP contribution >= 0.6 is 15.9 Å². The summed E-state index contributed by atoms with van der Waals surface area (Å²) in [5.41, 5.74) is 3.83. The highest BCUT2D eigenvalue weighted by molar-refractivity contribution is 9.10. The number of hydrogen-bond acceptors (Lipinski definition) is 4. The van der Waals surface area contributed by atoms with Gasteiger partial charge < -0.3 is 9.84 Å². The molecular weight excluding hydrogens is 372 g/mol. The summed E-state index contributed by atoms with van der Waals surface area (Å²) < 4.78 is 6.45. The van der Waals surface area contributed by atoms with E-state index < -0.39 is 0 Å². The van der Waals surface area contributed by atoms with Crippen LogP contribution < -0.4 is 10.2 Å². The van der Waals surface area contributed by atoms with Gasteiger partial charge in [-0.05, 0) is 43.7 Å². The first-order chi connectivity index (χ1) is 11.4. The predicted molar refractivity (Wildman–Crippen MR) is 97.5 cm³/mol. The average Bonchev–Trinajstić information content (AvgIpc) is 2.51. The summed E-state index contributed by atoms with van der Waals surface area (Å²) in [4.78, 5) is 11.8. The maximum Gasteiger partial charge on any atom is 0.244 e. The van der Waals surface area contributed by atoms with Gasteiger partial charge >= 0.3 is 0 Å². The van der Waals surface area contributed by atoms with Crippen LogP contribution in [-0.4, -0.2) is 23.3 Å². The maximum absolute atomic E-state index is 11.8. The van der Waals surface area contributed by atoms with Crippen LogP contribution in [0.15, 0.2) is 52.0 Å². The van der Waals surface area contributed by atoms with Gasteiger partial charge in [-0.15, -0.1) is 0 Å². The van der Waals surface area contributed by atoms with Crippen molar-refractivity contribution in [2.24, 2.45) is 5.10 Å². The number of nitrogens with zero attached hydrogens (tertiary/aromatic N) is 1. The molecule has 2 aromatic carbocycles. The molecule has 1 amide bonds. The molecule has 126 valence electrons. The molecule has 2 rings (SSSR count). The summed E-state index contributed by atoms with van der Waals surface area (Å²) in [5, 5.41) is 13.8. The van der Waals surface area contributed by atoms with Gasteiger partial charge in [-0.25, -0.2) is 5.43 Å². The number of carbonyl (C=O) groups is 1. The Morgan fingerprint density at radius 2 is 2.00 bits per heavy atom. The molecule has 0 saturated carbocycles. The number of benzene rings is 2. The van der Waals surface area contributed by atoms with Crippen molar-refractivity contribution >= 4 is 28.1 Å². The number of ether oxygens (including phenoxy) is 1. The Hall–Kier alpha value is -2.34. The summed E-state index contributed by atoms with van der Waals surface area (Å²) in [6.45, 7) is 3.82. The molecule has 5 nitrogen and oxygen atoms in total. The minimum atomic E-state index is -0.229. The van der Waals surface area contributed by atoms with Gasteiger partial charge in [0.2, 0.25) is 5.91 Å². The van der Waals surface area contributed by atoms with Crippen LogP contribution in [0.5, 0.6) is 11.5 Å². The zero-order valence-electron chi connectivity index (χ0n) is 13.5. The third-order valence-corrected chi connectivity index (χ3v) is 3.57. The number of amides is 1. The van der Waals surface area contributed by atoms with Crippen molar-refractivity contribution in [1.82, 2.24) is 5.43 Å². The summed E-state index contributed by atoms with van der Waals surface area (Å²) in [6.07, 6.45) is 1.66. The number of rotatable bonds is 6. The highest BCUT2D eigenvalue weighted by atomic mass is 79.9. The molecule has 0 saturated heterocycles. The van der Waals surface area contributed by atoms with Crippen LogP contribution in [0.4, 0.5) is 0 Å². The molecule has 0 heterocycles. The standard InChI is InChI=1S/C18H19BrN2O3/c1-12(2)24-16-8-5-14(17(22)10-16)11-20-21-18(23)9-13-3-6-15(19)7-4-13/h3-8,10-12,22H,9H2,1-2H3,(H,21,23)/b20-11-. The summed E-state index contributed by atoms with van der Waals surface area (Å²) in [6, 6.07) is 12.4. The minimum absolute atomic E-state index is 0.0295. The van der Waals surface area contributed by atoms with Crippen molar-refractivity contribution in [2.45, 2.75) is 26.4 Å². The van der Waals surface area contributed by atoms with Gasteiger partial charge in [0, 0.05) is 16.1 Å². The van der Waals surface area contributed by atoms with E-state index in [9.17, 15) is 9.90 Å². The van der Waals surface area contributed by atoms with Crippen molar-refractivity contribution in [3.8, 4) is 11.5 Å². The van der Waals surface area contributed by atoms with E-state index in [0.717, 1.165) is 10.0 Å². The van der Waals surface area contributed by atoms with E-state index in [2.05, 4.69) is 26.5 Å². The van der Waals surface area contributed by atoms with E-state index in [0.29, 0.717) is 11.3 Å². The highest BCUT2D eigenvalue weighted by Crippen LogP contribution is 2.23. The van der Waals surface area contributed by atoms with Crippen LogP contribution in [0, 0.1) is 0 Å². The first-order valence-electron chi connectivity index (χ1n) is 7.50. The first-order valence-corrected chi connectivity index (χ1v) is 8.29. The number of hydrazone groups is 1. The molecular formula is C18H19BrN2O3. The average molecular weight is 391 g/mol. The fraction of sp³-hybridized carbons (Fsp3) is 0.222. The van der Waals surface area contributed by atoms with E-state index in [1.54, 1.807) is 12.1 Å². The van der Waals surface area contributed by atoms with Crippen molar-refractivity contribution in [1.29, 1.82) is 0 Å². The molecule has 0 fully saturated rings. The lowest BCUT2D eigenvalue weighted by Crippen LogP contribution is -2.19. The highest BCUT2D eigenvalue weighted by Gasteiger charge is 2.04. The Bertz CT molecular complexity index is 728. The number of aromatic hydroxyl groups is 1. The van der Waals surface area contributed by atoms with Gasteiger partial charge in [-0.3, -0.25) is 4.79 Å². The topological polar surface area (TPSA) is 70.9 Å². The summed E-state index contributed by atoms with van der Waals surface area (Å²) in [5.74, 6) is 0.394. The van der Waals surface area contributed by atoms with Gasteiger partial charge in [0.15, 0.2) is 0 Å². The molecule has 2 N–H and O–H groups in total. The largest absolute Gasteiger partial charge is 0.507 e. The number of nitrogens with one attached hydrogen (secondary N) is 1. The van der Waals surface area contributed by atoms with Gasteiger partial charge in [-0.1, -0.05) is 28.1 Å². The molecule has 0 aliphatic carbocycles. The minimum Gasteiger partial charge on any atom is -0.507 e. The smallest absolute Gasteiger partial charge is 0.244 e. The number of phenolic OH excluding ortho intramolecular Hbond substituents is 1. The molecule has 0 radical (unpaired) electrons. The Morgan fingerprint density at radius 3 is 2.62 bits per heavy atom. The van der Waals surface area contributed by atoms with Gasteiger partial charge in [-0.2, -0.15) is 5.10 Å². The number of hydrogen-bond donors (Lipinski definition) is 2. The SMILES string of the molecule is CC(C)Oc1ccc(/C=N\NC(=O)Cc2ccc(Br)cc2)c(O)c1. The lowest BCUT2D eigenvalue weighted by atomic mass is 10.1. The van der Waals surface area contributed by atoms with Crippen molar-refractivity contribution in [3.63, 3.8) is 0 Å². The van der Waals surface area contributed by atoms with E-state index >= 15 is 0 Å². The maximum atomic E-state index is 11.8. The molecule has 0 aliphatic heterocycles. The Labute approximate surface area is 149 Å². The molecule has 0 aromatic heterocycles. The second-order valence-corrected chi connectivity index (χ2v) is 6.40. The monoisotopic (exact) mass is 390 g/mol. The fourth-order valence-corrected chi connectivity index (χ4v) is 2.24. The quantitative estimate of drug-likeness (QED) is 0.584. The molecule has 24 heavy (non-hydrogen) atoms. The van der Waals surface area contributed by atoms with Crippen LogP contribution in [0.2, 0.25) is 0 Å². The second kappa shape index (κ2) is 8.49. The molecule has 0 bridgehead atoms. The van der Waals surface area contributed by atoms with Gasteiger partial charge in [0.1, 0.15) is 11.5 Å². The Balaban J connectivity index is 1.91. The van der Waals surface area contributed by atoms with Crippen LogP contribution in [-0.2, 0) is 11.2 Å². The van der Waals surface area contributed by atoms with Crippen LogP contribution in [0.25, 0.3) is 0 Å². The number of phenols is 1. The molecule has 6 heteroatoms. The predicted octanol–water partition coefficient (Wildman–Crippen LogP) is 3.63. The van der Waals surface area contributed by atoms with Crippen molar-refractivity contribution in [3.05, 3.63) is 58.1 Å². The normalized spacial score (nSPS) is 11.0. The first kappa shape index (κ1) is 18.0. The van der Waals surface area contributed by atoms with E-state index in [1.165, 1.54) is 12.3 Å². The lowest BCUT2D eigenvalue weighted by Gasteiger charge is -2.10. The van der Waals surface area contributed by atoms with Crippen molar-refractivity contribution in [2.75, 3.05) is 0 Å². The molecule has 0 aliphatic rings. The number of halogens is 1. The third-order valence-electron chi connectivity index (χ3n) is 3.04. The lowest BCUT2D eigenvalue weighted by molar-refractivity contribution is -0.120. The Morgan fingerprint density at radius 1 is 1.29 bits per heavy atom. The molecule has 0 spiro atoms.